The molecule has 0 spiro atoms. The summed E-state index contributed by atoms with van der Waals surface area (Å²) in [5.74, 6) is 1.45. The zero-order chi connectivity index (χ0) is 28.3. The topological polar surface area (TPSA) is 94.9 Å². The molecule has 0 fully saturated rings. The third-order valence-electron chi connectivity index (χ3n) is 7.07. The lowest BCUT2D eigenvalue weighted by atomic mass is 9.93. The van der Waals surface area contributed by atoms with Crippen molar-refractivity contribution < 1.29 is 23.8 Å². The lowest BCUT2D eigenvalue weighted by Crippen LogP contribution is -2.64. The van der Waals surface area contributed by atoms with E-state index in [1.807, 2.05) is 55.5 Å². The average molecular weight is 541 g/mol. The summed E-state index contributed by atoms with van der Waals surface area (Å²) in [6, 6.07) is 23.9. The van der Waals surface area contributed by atoms with Crippen molar-refractivity contribution in [2.45, 2.75) is 32.5 Å². The first-order valence-electron chi connectivity index (χ1n) is 13.1. The number of rotatable bonds is 9. The molecule has 0 radical (unpaired) electrons. The summed E-state index contributed by atoms with van der Waals surface area (Å²) < 4.78 is 17.9. The molecular formula is C31H32N4O5. The lowest BCUT2D eigenvalue weighted by Gasteiger charge is -2.43. The molecule has 9 nitrogen and oxygen atoms in total. The number of benzene rings is 3. The van der Waals surface area contributed by atoms with Crippen LogP contribution >= 0.6 is 0 Å². The molecule has 1 N–H and O–H groups in total. The van der Waals surface area contributed by atoms with E-state index in [9.17, 15) is 9.59 Å². The van der Waals surface area contributed by atoms with Crippen molar-refractivity contribution in [3.63, 3.8) is 0 Å². The van der Waals surface area contributed by atoms with Crippen LogP contribution in [0.3, 0.4) is 0 Å². The van der Waals surface area contributed by atoms with Gasteiger partial charge in [-0.1, -0.05) is 18.2 Å². The van der Waals surface area contributed by atoms with Crippen LogP contribution in [0.15, 0.2) is 78.9 Å². The highest BCUT2D eigenvalue weighted by Crippen LogP contribution is 2.35. The molecule has 1 aromatic heterocycles. The Balaban J connectivity index is 1.52. The number of hydrogen-bond acceptors (Lipinski definition) is 6. The van der Waals surface area contributed by atoms with Crippen LogP contribution in [-0.2, 0) is 17.9 Å². The minimum Gasteiger partial charge on any atom is -0.497 e. The maximum atomic E-state index is 14.1. The molecule has 1 aliphatic heterocycles. The van der Waals surface area contributed by atoms with E-state index in [2.05, 4.69) is 5.32 Å². The summed E-state index contributed by atoms with van der Waals surface area (Å²) in [7, 11) is 3.20. The van der Waals surface area contributed by atoms with Crippen LogP contribution in [0, 0.1) is 0 Å². The van der Waals surface area contributed by atoms with Gasteiger partial charge in [-0.15, -0.1) is 0 Å². The van der Waals surface area contributed by atoms with Crippen LogP contribution in [0.2, 0.25) is 0 Å². The van der Waals surface area contributed by atoms with Crippen LogP contribution in [0.4, 0.5) is 5.69 Å². The van der Waals surface area contributed by atoms with Crippen molar-refractivity contribution in [2.24, 2.45) is 0 Å². The Hall–Kier alpha value is -4.79. The SMILES string of the molecule is CCOc1ccc(N2C(=O)c3cc(-c4ccc(OC)cc4)nn3CC2(C)C(=O)NCc2ccccc2OC)cc1. The molecule has 4 aromatic rings. The molecule has 206 valence electrons. The third-order valence-corrected chi connectivity index (χ3v) is 7.07. The molecule has 0 bridgehead atoms. The van der Waals surface area contributed by atoms with Gasteiger partial charge in [0.1, 0.15) is 28.5 Å². The average Bonchev–Trinajstić information content (AvgIpc) is 3.41. The van der Waals surface area contributed by atoms with E-state index < -0.39 is 5.54 Å². The smallest absolute Gasteiger partial charge is 0.277 e. The van der Waals surface area contributed by atoms with Crippen LogP contribution in [0.1, 0.15) is 29.9 Å². The van der Waals surface area contributed by atoms with Gasteiger partial charge >= 0.3 is 0 Å². The normalized spacial score (nSPS) is 16.3. The molecule has 1 atom stereocenters. The first-order valence-corrected chi connectivity index (χ1v) is 13.1. The fraction of sp³-hybridized carbons (Fsp3) is 0.258. The van der Waals surface area contributed by atoms with Crippen molar-refractivity contribution in [3.05, 3.63) is 90.1 Å². The molecule has 2 amide bonds. The summed E-state index contributed by atoms with van der Waals surface area (Å²) in [5, 5.41) is 7.75. The number of hydrogen-bond donors (Lipinski definition) is 1. The van der Waals surface area contributed by atoms with E-state index in [1.54, 1.807) is 61.1 Å². The molecule has 3 aromatic carbocycles. The monoisotopic (exact) mass is 540 g/mol. The van der Waals surface area contributed by atoms with E-state index in [-0.39, 0.29) is 24.9 Å². The molecule has 9 heteroatoms. The van der Waals surface area contributed by atoms with Gasteiger partial charge in [-0.25, -0.2) is 0 Å². The molecule has 0 saturated carbocycles. The van der Waals surface area contributed by atoms with Gasteiger partial charge in [0.25, 0.3) is 5.91 Å². The van der Waals surface area contributed by atoms with E-state index in [4.69, 9.17) is 19.3 Å². The highest BCUT2D eigenvalue weighted by atomic mass is 16.5. The number of nitrogens with zero attached hydrogens (tertiary/aromatic N) is 3. The summed E-state index contributed by atoms with van der Waals surface area (Å²) >= 11 is 0. The minimum absolute atomic E-state index is 0.162. The zero-order valence-corrected chi connectivity index (χ0v) is 23.0. The number of carbonyl (C=O) groups is 2. The van der Waals surface area contributed by atoms with Gasteiger partial charge in [0.2, 0.25) is 5.91 Å². The first kappa shape index (κ1) is 26.8. The molecule has 0 saturated heterocycles. The summed E-state index contributed by atoms with van der Waals surface area (Å²) in [6.45, 7) is 4.60. The van der Waals surface area contributed by atoms with Crippen LogP contribution in [0.25, 0.3) is 11.3 Å². The molecule has 0 aliphatic carbocycles. The third kappa shape index (κ3) is 4.98. The van der Waals surface area contributed by atoms with Crippen LogP contribution < -0.4 is 24.4 Å². The maximum absolute atomic E-state index is 14.1. The Kier molecular flexibility index (Phi) is 7.46. The maximum Gasteiger partial charge on any atom is 0.277 e. The standard InChI is InChI=1S/C31H32N4O5/c1-5-40-25-16-12-23(13-17-25)35-29(36)27-18-26(21-10-14-24(38-3)15-11-21)33-34(27)20-31(35,2)30(37)32-19-22-8-6-7-9-28(22)39-4/h6-18H,5,19-20H2,1-4H3,(H,32,37). The number of anilines is 1. The summed E-state index contributed by atoms with van der Waals surface area (Å²) in [6.07, 6.45) is 0. The van der Waals surface area contributed by atoms with Crippen molar-refractivity contribution in [2.75, 3.05) is 25.7 Å². The second kappa shape index (κ2) is 11.1. The predicted octanol–water partition coefficient (Wildman–Crippen LogP) is 4.70. The van der Waals surface area contributed by atoms with E-state index in [0.29, 0.717) is 35.2 Å². The molecule has 5 rings (SSSR count). The molecule has 40 heavy (non-hydrogen) atoms. The van der Waals surface area contributed by atoms with Gasteiger partial charge in [-0.2, -0.15) is 5.10 Å². The Morgan fingerprint density at radius 3 is 2.35 bits per heavy atom. The first-order chi connectivity index (χ1) is 19.4. The highest BCUT2D eigenvalue weighted by molar-refractivity contribution is 6.12. The Morgan fingerprint density at radius 1 is 0.975 bits per heavy atom. The number of methoxy groups -OCH3 is 2. The van der Waals surface area contributed by atoms with Gasteiger partial charge in [-0.05, 0) is 74.5 Å². The Bertz CT molecular complexity index is 1510. The van der Waals surface area contributed by atoms with Crippen LogP contribution in [0.5, 0.6) is 17.2 Å². The highest BCUT2D eigenvalue weighted by Gasteiger charge is 2.49. The van der Waals surface area contributed by atoms with E-state index >= 15 is 0 Å². The van der Waals surface area contributed by atoms with Gasteiger partial charge in [-0.3, -0.25) is 19.2 Å². The van der Waals surface area contributed by atoms with Gasteiger partial charge in [0.05, 0.1) is 33.1 Å². The second-order valence-electron chi connectivity index (χ2n) is 9.64. The Labute approximate surface area is 233 Å². The van der Waals surface area contributed by atoms with Crippen molar-refractivity contribution in [1.82, 2.24) is 15.1 Å². The Morgan fingerprint density at radius 2 is 1.68 bits per heavy atom. The number of amides is 2. The molecule has 1 unspecified atom stereocenters. The fourth-order valence-electron chi connectivity index (χ4n) is 4.96. The number of fused-ring (bicyclic) bond motifs is 1. The van der Waals surface area contributed by atoms with Gasteiger partial charge in [0, 0.05) is 23.4 Å². The number of para-hydroxylation sites is 1. The summed E-state index contributed by atoms with van der Waals surface area (Å²) in [5.41, 5.74) is 2.01. The number of nitrogens with one attached hydrogen (secondary N) is 1. The molecule has 2 heterocycles. The minimum atomic E-state index is -1.28. The quantitative estimate of drug-likeness (QED) is 0.331. The number of carbonyl (C=O) groups excluding carboxylic acids is 2. The molecular weight excluding hydrogens is 508 g/mol. The summed E-state index contributed by atoms with van der Waals surface area (Å²) in [4.78, 5) is 29.6. The van der Waals surface area contributed by atoms with E-state index in [1.165, 1.54) is 0 Å². The van der Waals surface area contributed by atoms with Crippen molar-refractivity contribution in [1.29, 1.82) is 0 Å². The fourth-order valence-corrected chi connectivity index (χ4v) is 4.96. The number of ether oxygens (including phenoxy) is 3. The lowest BCUT2D eigenvalue weighted by molar-refractivity contribution is -0.126. The second-order valence-corrected chi connectivity index (χ2v) is 9.64. The van der Waals surface area contributed by atoms with Crippen molar-refractivity contribution in [3.8, 4) is 28.5 Å². The van der Waals surface area contributed by atoms with Crippen molar-refractivity contribution >= 4 is 17.5 Å². The number of aromatic nitrogens is 2. The molecule has 1 aliphatic rings. The van der Waals surface area contributed by atoms with Gasteiger partial charge < -0.3 is 19.5 Å². The van der Waals surface area contributed by atoms with Crippen LogP contribution in [-0.4, -0.2) is 48.0 Å². The van der Waals surface area contributed by atoms with Gasteiger partial charge in [0.15, 0.2) is 0 Å². The van der Waals surface area contributed by atoms with E-state index in [0.717, 1.165) is 16.9 Å². The predicted molar refractivity (Wildman–Crippen MR) is 152 cm³/mol. The largest absolute Gasteiger partial charge is 0.497 e. The zero-order valence-electron chi connectivity index (χ0n) is 23.0.